The SMILES string of the molecule is COc1ccc(S(=O)(=O)CC(C)C(=O)Nc2ccc(NC(C)=O)cn2)cc1. The maximum absolute atomic E-state index is 12.5. The van der Waals surface area contributed by atoms with Crippen LogP contribution < -0.4 is 15.4 Å². The van der Waals surface area contributed by atoms with Gasteiger partial charge in [-0.25, -0.2) is 13.4 Å². The second kappa shape index (κ2) is 8.63. The number of carbonyl (C=O) groups excluding carboxylic acids is 2. The molecule has 1 aromatic carbocycles. The van der Waals surface area contributed by atoms with Crippen LogP contribution in [0.1, 0.15) is 13.8 Å². The van der Waals surface area contributed by atoms with Crippen molar-refractivity contribution in [3.63, 3.8) is 0 Å². The number of aromatic nitrogens is 1. The second-order valence-corrected chi connectivity index (χ2v) is 7.99. The summed E-state index contributed by atoms with van der Waals surface area (Å²) < 4.78 is 29.9. The lowest BCUT2D eigenvalue weighted by molar-refractivity contribution is -0.119. The highest BCUT2D eigenvalue weighted by molar-refractivity contribution is 7.91. The van der Waals surface area contributed by atoms with Crippen LogP contribution >= 0.6 is 0 Å². The summed E-state index contributed by atoms with van der Waals surface area (Å²) in [4.78, 5) is 27.4. The minimum atomic E-state index is -3.63. The highest BCUT2D eigenvalue weighted by atomic mass is 32.2. The number of carbonyl (C=O) groups is 2. The minimum absolute atomic E-state index is 0.126. The zero-order valence-corrected chi connectivity index (χ0v) is 16.0. The molecular formula is C18H21N3O5S. The second-order valence-electron chi connectivity index (χ2n) is 5.96. The Kier molecular flexibility index (Phi) is 6.51. The molecule has 1 heterocycles. The summed E-state index contributed by atoms with van der Waals surface area (Å²) in [5.74, 6) is -1.00. The summed E-state index contributed by atoms with van der Waals surface area (Å²) in [6, 6.07) is 9.11. The molecule has 0 bridgehead atoms. The number of methoxy groups -OCH3 is 1. The first kappa shape index (κ1) is 20.4. The normalized spacial score (nSPS) is 12.1. The first-order valence-electron chi connectivity index (χ1n) is 8.12. The van der Waals surface area contributed by atoms with Gasteiger partial charge in [0, 0.05) is 12.8 Å². The maximum Gasteiger partial charge on any atom is 0.229 e. The summed E-state index contributed by atoms with van der Waals surface area (Å²) in [6.45, 7) is 2.91. The number of amides is 2. The highest BCUT2D eigenvalue weighted by Gasteiger charge is 2.23. The Hall–Kier alpha value is -2.94. The van der Waals surface area contributed by atoms with E-state index in [1.165, 1.54) is 45.4 Å². The molecule has 0 aliphatic carbocycles. The van der Waals surface area contributed by atoms with Crippen LogP contribution in [0.3, 0.4) is 0 Å². The van der Waals surface area contributed by atoms with E-state index in [-0.39, 0.29) is 22.4 Å². The fraction of sp³-hybridized carbons (Fsp3) is 0.278. The molecule has 0 spiro atoms. The van der Waals surface area contributed by atoms with Crippen LogP contribution in [0.5, 0.6) is 5.75 Å². The van der Waals surface area contributed by atoms with Crippen molar-refractivity contribution in [2.45, 2.75) is 18.7 Å². The van der Waals surface area contributed by atoms with E-state index in [9.17, 15) is 18.0 Å². The van der Waals surface area contributed by atoms with Crippen LogP contribution in [-0.2, 0) is 19.4 Å². The van der Waals surface area contributed by atoms with Gasteiger partial charge < -0.3 is 15.4 Å². The minimum Gasteiger partial charge on any atom is -0.497 e. The Morgan fingerprint density at radius 3 is 2.30 bits per heavy atom. The fourth-order valence-corrected chi connectivity index (χ4v) is 3.83. The van der Waals surface area contributed by atoms with Crippen molar-refractivity contribution in [1.82, 2.24) is 4.98 Å². The first-order chi connectivity index (χ1) is 12.7. The lowest BCUT2D eigenvalue weighted by atomic mass is 10.2. The summed E-state index contributed by atoms with van der Waals surface area (Å²) in [7, 11) is -2.13. The Morgan fingerprint density at radius 1 is 1.11 bits per heavy atom. The predicted molar refractivity (Wildman–Crippen MR) is 101 cm³/mol. The zero-order valence-electron chi connectivity index (χ0n) is 15.2. The van der Waals surface area contributed by atoms with E-state index in [4.69, 9.17) is 4.74 Å². The van der Waals surface area contributed by atoms with Gasteiger partial charge in [0.05, 0.1) is 29.6 Å². The first-order valence-corrected chi connectivity index (χ1v) is 9.78. The molecule has 2 N–H and O–H groups in total. The molecule has 2 aromatic rings. The molecule has 1 aromatic heterocycles. The molecule has 0 aliphatic rings. The van der Waals surface area contributed by atoms with Crippen molar-refractivity contribution in [2.24, 2.45) is 5.92 Å². The lowest BCUT2D eigenvalue weighted by Gasteiger charge is -2.13. The topological polar surface area (TPSA) is 114 Å². The van der Waals surface area contributed by atoms with Gasteiger partial charge in [-0.2, -0.15) is 0 Å². The molecule has 9 heteroatoms. The summed E-state index contributed by atoms with van der Waals surface area (Å²) in [6.07, 6.45) is 1.40. The van der Waals surface area contributed by atoms with Gasteiger partial charge in [-0.1, -0.05) is 6.92 Å². The van der Waals surface area contributed by atoms with Gasteiger partial charge in [0.25, 0.3) is 0 Å². The van der Waals surface area contributed by atoms with Crippen LogP contribution in [-0.4, -0.2) is 38.1 Å². The molecule has 0 fully saturated rings. The molecule has 1 unspecified atom stereocenters. The monoisotopic (exact) mass is 391 g/mol. The van der Waals surface area contributed by atoms with Crippen molar-refractivity contribution < 1.29 is 22.7 Å². The molecule has 0 radical (unpaired) electrons. The molecule has 2 rings (SSSR count). The number of benzene rings is 1. The van der Waals surface area contributed by atoms with E-state index in [1.807, 2.05) is 0 Å². The van der Waals surface area contributed by atoms with Crippen molar-refractivity contribution in [3.8, 4) is 5.75 Å². The number of rotatable bonds is 7. The maximum atomic E-state index is 12.5. The number of nitrogens with zero attached hydrogens (tertiary/aromatic N) is 1. The van der Waals surface area contributed by atoms with Crippen LogP contribution in [0.2, 0.25) is 0 Å². The van der Waals surface area contributed by atoms with Crippen molar-refractivity contribution in [1.29, 1.82) is 0 Å². The van der Waals surface area contributed by atoms with E-state index in [0.717, 1.165) is 0 Å². The third kappa shape index (κ3) is 5.78. The molecule has 27 heavy (non-hydrogen) atoms. The van der Waals surface area contributed by atoms with Crippen molar-refractivity contribution in [2.75, 3.05) is 23.5 Å². The average Bonchev–Trinajstić information content (AvgIpc) is 2.62. The van der Waals surface area contributed by atoms with Gasteiger partial charge in [0.15, 0.2) is 9.84 Å². The third-order valence-corrected chi connectivity index (χ3v) is 5.60. The van der Waals surface area contributed by atoms with Gasteiger partial charge >= 0.3 is 0 Å². The Morgan fingerprint density at radius 2 is 1.78 bits per heavy atom. The summed E-state index contributed by atoms with van der Waals surface area (Å²) >= 11 is 0. The van der Waals surface area contributed by atoms with E-state index < -0.39 is 21.7 Å². The smallest absolute Gasteiger partial charge is 0.229 e. The van der Waals surface area contributed by atoms with Gasteiger partial charge in [-0.3, -0.25) is 9.59 Å². The van der Waals surface area contributed by atoms with E-state index in [0.29, 0.717) is 11.4 Å². The van der Waals surface area contributed by atoms with Gasteiger partial charge in [-0.15, -0.1) is 0 Å². The van der Waals surface area contributed by atoms with Gasteiger partial charge in [0.2, 0.25) is 11.8 Å². The quantitative estimate of drug-likeness (QED) is 0.747. The molecule has 0 aliphatic heterocycles. The van der Waals surface area contributed by atoms with Crippen LogP contribution in [0, 0.1) is 5.92 Å². The molecule has 144 valence electrons. The van der Waals surface area contributed by atoms with E-state index in [2.05, 4.69) is 15.6 Å². The van der Waals surface area contributed by atoms with E-state index in [1.54, 1.807) is 18.2 Å². The van der Waals surface area contributed by atoms with Crippen molar-refractivity contribution in [3.05, 3.63) is 42.6 Å². The number of sulfone groups is 1. The van der Waals surface area contributed by atoms with Crippen LogP contribution in [0.15, 0.2) is 47.5 Å². The zero-order chi connectivity index (χ0) is 20.0. The number of hydrogen-bond donors (Lipinski definition) is 2. The number of ether oxygens (including phenoxy) is 1. The number of hydrogen-bond acceptors (Lipinski definition) is 6. The standard InChI is InChI=1S/C18H21N3O5S/c1-12(11-27(24,25)16-7-5-15(26-3)6-8-16)18(23)21-17-9-4-14(10-19-17)20-13(2)22/h4-10,12H,11H2,1-3H3,(H,20,22)(H,19,21,23). The molecule has 2 amide bonds. The number of pyridine rings is 1. The largest absolute Gasteiger partial charge is 0.497 e. The van der Waals surface area contributed by atoms with Gasteiger partial charge in [0.1, 0.15) is 11.6 Å². The predicted octanol–water partition coefficient (Wildman–Crippen LogP) is 2.10. The van der Waals surface area contributed by atoms with Gasteiger partial charge in [-0.05, 0) is 36.4 Å². The molecule has 1 atom stereocenters. The molecular weight excluding hydrogens is 370 g/mol. The lowest BCUT2D eigenvalue weighted by Crippen LogP contribution is -2.27. The molecule has 0 saturated carbocycles. The van der Waals surface area contributed by atoms with Crippen molar-refractivity contribution >= 4 is 33.2 Å². The Labute approximate surface area is 157 Å². The van der Waals surface area contributed by atoms with Crippen LogP contribution in [0.4, 0.5) is 11.5 Å². The summed E-state index contributed by atoms with van der Waals surface area (Å²) in [5, 5.41) is 5.13. The third-order valence-electron chi connectivity index (χ3n) is 3.67. The fourth-order valence-electron chi connectivity index (χ4n) is 2.28. The highest BCUT2D eigenvalue weighted by Crippen LogP contribution is 2.19. The average molecular weight is 391 g/mol. The Balaban J connectivity index is 2.00. The Bertz CT molecular complexity index is 909. The number of anilines is 2. The molecule has 8 nitrogen and oxygen atoms in total. The number of nitrogens with one attached hydrogen (secondary N) is 2. The summed E-state index contributed by atoms with van der Waals surface area (Å²) in [5.41, 5.74) is 0.496. The van der Waals surface area contributed by atoms with E-state index >= 15 is 0 Å². The molecule has 0 saturated heterocycles. The van der Waals surface area contributed by atoms with Crippen LogP contribution in [0.25, 0.3) is 0 Å².